The van der Waals surface area contributed by atoms with Crippen molar-refractivity contribution < 1.29 is 9.21 Å². The van der Waals surface area contributed by atoms with Crippen LogP contribution >= 0.6 is 11.6 Å². The molecule has 0 aliphatic carbocycles. The van der Waals surface area contributed by atoms with Crippen LogP contribution in [-0.2, 0) is 0 Å². The van der Waals surface area contributed by atoms with Crippen molar-refractivity contribution >= 4 is 17.5 Å². The van der Waals surface area contributed by atoms with Gasteiger partial charge in [-0.05, 0) is 30.7 Å². The lowest BCUT2D eigenvalue weighted by Gasteiger charge is -1.98. The monoisotopic (exact) mass is 211 g/mol. The molecule has 0 bridgehead atoms. The molecule has 14 heavy (non-hydrogen) atoms. The van der Waals surface area contributed by atoms with Crippen LogP contribution in [0.15, 0.2) is 16.5 Å². The molecule has 1 N–H and O–H groups in total. The number of hydrogen-bond acceptors (Lipinski definition) is 2. The van der Waals surface area contributed by atoms with Crippen LogP contribution in [0, 0.1) is 11.8 Å². The van der Waals surface area contributed by atoms with Crippen molar-refractivity contribution in [3.05, 3.63) is 23.1 Å². The molecule has 0 aliphatic heterocycles. The summed E-state index contributed by atoms with van der Waals surface area (Å²) < 4.78 is 4.92. The van der Waals surface area contributed by atoms with E-state index in [0.717, 1.165) is 0 Å². The Hall–Kier alpha value is -1.40. The van der Waals surface area contributed by atoms with Crippen LogP contribution in [0.3, 0.4) is 0 Å². The molecule has 0 atom stereocenters. The van der Waals surface area contributed by atoms with E-state index < -0.39 is 0 Å². The Balaban J connectivity index is 2.38. The molecule has 1 heterocycles. The van der Waals surface area contributed by atoms with Crippen LogP contribution in [0.4, 0.5) is 0 Å². The predicted molar refractivity (Wildman–Crippen MR) is 54.1 cm³/mol. The Kier molecular flexibility index (Phi) is 4.09. The van der Waals surface area contributed by atoms with Gasteiger partial charge in [0.25, 0.3) is 5.91 Å². The van der Waals surface area contributed by atoms with Crippen molar-refractivity contribution in [2.24, 2.45) is 0 Å². The topological polar surface area (TPSA) is 42.2 Å². The standard InChI is InChI=1S/C10H10ClNO2/c1-2-3-4-7-12-10(13)8-5-6-9(11)14-8/h5-6H,4,7H2,1H3,(H,12,13). The molecular formula is C10H10ClNO2. The fourth-order valence-corrected chi connectivity index (χ4v) is 1.03. The number of nitrogens with one attached hydrogen (secondary N) is 1. The van der Waals surface area contributed by atoms with Gasteiger partial charge in [-0.1, -0.05) is 0 Å². The van der Waals surface area contributed by atoms with E-state index in [0.29, 0.717) is 13.0 Å². The van der Waals surface area contributed by atoms with Crippen LogP contribution in [0.5, 0.6) is 0 Å². The van der Waals surface area contributed by atoms with E-state index in [2.05, 4.69) is 17.2 Å². The molecule has 0 aliphatic rings. The van der Waals surface area contributed by atoms with Crippen molar-refractivity contribution in [3.8, 4) is 11.8 Å². The van der Waals surface area contributed by atoms with Crippen LogP contribution < -0.4 is 5.32 Å². The SMILES string of the molecule is CC#CCCNC(=O)c1ccc(Cl)o1. The molecule has 0 saturated carbocycles. The van der Waals surface area contributed by atoms with Gasteiger partial charge in [-0.15, -0.1) is 11.8 Å². The smallest absolute Gasteiger partial charge is 0.287 e. The van der Waals surface area contributed by atoms with Crippen molar-refractivity contribution in [3.63, 3.8) is 0 Å². The summed E-state index contributed by atoms with van der Waals surface area (Å²) in [4.78, 5) is 11.3. The van der Waals surface area contributed by atoms with Crippen LogP contribution in [0.1, 0.15) is 23.9 Å². The van der Waals surface area contributed by atoms with Crippen LogP contribution in [0.2, 0.25) is 5.22 Å². The minimum Gasteiger partial charge on any atom is -0.440 e. The first-order valence-corrected chi connectivity index (χ1v) is 4.55. The number of amides is 1. The van der Waals surface area contributed by atoms with E-state index in [4.69, 9.17) is 16.0 Å². The Labute approximate surface area is 87.4 Å². The number of halogens is 1. The number of carbonyl (C=O) groups excluding carboxylic acids is 1. The summed E-state index contributed by atoms with van der Waals surface area (Å²) in [6, 6.07) is 3.06. The van der Waals surface area contributed by atoms with E-state index >= 15 is 0 Å². The molecule has 0 radical (unpaired) electrons. The summed E-state index contributed by atoms with van der Waals surface area (Å²) in [5.41, 5.74) is 0. The quantitative estimate of drug-likeness (QED) is 0.615. The molecule has 0 unspecified atom stereocenters. The lowest BCUT2D eigenvalue weighted by atomic mass is 10.4. The first-order valence-electron chi connectivity index (χ1n) is 4.17. The van der Waals surface area contributed by atoms with Gasteiger partial charge in [0.15, 0.2) is 11.0 Å². The highest BCUT2D eigenvalue weighted by Gasteiger charge is 2.08. The average Bonchev–Trinajstić information content (AvgIpc) is 2.59. The van der Waals surface area contributed by atoms with Crippen LogP contribution in [-0.4, -0.2) is 12.5 Å². The maximum Gasteiger partial charge on any atom is 0.287 e. The molecule has 0 aromatic carbocycles. The minimum absolute atomic E-state index is 0.212. The molecule has 3 nitrogen and oxygen atoms in total. The van der Waals surface area contributed by atoms with Crippen molar-refractivity contribution in [2.45, 2.75) is 13.3 Å². The van der Waals surface area contributed by atoms with E-state index in [1.807, 2.05) is 0 Å². The number of rotatable bonds is 3. The second-order valence-electron chi connectivity index (χ2n) is 2.54. The van der Waals surface area contributed by atoms with E-state index in [1.165, 1.54) is 12.1 Å². The van der Waals surface area contributed by atoms with Gasteiger partial charge in [0.2, 0.25) is 0 Å². The third-order valence-corrected chi connectivity index (χ3v) is 1.71. The van der Waals surface area contributed by atoms with Gasteiger partial charge in [0, 0.05) is 13.0 Å². The van der Waals surface area contributed by atoms with Crippen molar-refractivity contribution in [1.29, 1.82) is 0 Å². The normalized spacial score (nSPS) is 9.00. The number of hydrogen-bond donors (Lipinski definition) is 1. The first-order chi connectivity index (χ1) is 6.74. The Morgan fingerprint density at radius 1 is 1.64 bits per heavy atom. The molecule has 0 saturated heterocycles. The predicted octanol–water partition coefficient (Wildman–Crippen LogP) is 2.08. The van der Waals surface area contributed by atoms with Gasteiger partial charge in [-0.2, -0.15) is 0 Å². The maximum absolute atomic E-state index is 11.3. The van der Waals surface area contributed by atoms with E-state index in [9.17, 15) is 4.79 Å². The van der Waals surface area contributed by atoms with Gasteiger partial charge in [-0.3, -0.25) is 4.79 Å². The molecule has 74 valence electrons. The average molecular weight is 212 g/mol. The molecule has 1 amide bonds. The minimum atomic E-state index is -0.269. The fourth-order valence-electron chi connectivity index (χ4n) is 0.887. The van der Waals surface area contributed by atoms with Gasteiger partial charge >= 0.3 is 0 Å². The largest absolute Gasteiger partial charge is 0.440 e. The third-order valence-electron chi connectivity index (χ3n) is 1.51. The van der Waals surface area contributed by atoms with Crippen molar-refractivity contribution in [2.75, 3.05) is 6.54 Å². The lowest BCUT2D eigenvalue weighted by Crippen LogP contribution is -2.23. The second kappa shape index (κ2) is 5.36. The molecule has 1 aromatic heterocycles. The first kappa shape index (κ1) is 10.7. The maximum atomic E-state index is 11.3. The summed E-state index contributed by atoms with van der Waals surface area (Å²) in [5, 5.41) is 2.86. The summed E-state index contributed by atoms with van der Waals surface area (Å²) in [6.45, 7) is 2.27. The molecule has 1 aromatic rings. The zero-order valence-corrected chi connectivity index (χ0v) is 8.52. The molecule has 0 spiro atoms. The van der Waals surface area contributed by atoms with E-state index in [1.54, 1.807) is 6.92 Å². The highest BCUT2D eigenvalue weighted by atomic mass is 35.5. The van der Waals surface area contributed by atoms with Gasteiger partial charge in [0.05, 0.1) is 0 Å². The number of carbonyl (C=O) groups is 1. The molecule has 1 rings (SSSR count). The van der Waals surface area contributed by atoms with Gasteiger partial charge in [0.1, 0.15) is 0 Å². The fraction of sp³-hybridized carbons (Fsp3) is 0.300. The second-order valence-corrected chi connectivity index (χ2v) is 2.91. The Morgan fingerprint density at radius 3 is 3.00 bits per heavy atom. The molecule has 4 heteroatoms. The zero-order valence-electron chi connectivity index (χ0n) is 7.76. The Bertz CT molecular complexity index is 373. The summed E-state index contributed by atoms with van der Waals surface area (Å²) in [7, 11) is 0. The Morgan fingerprint density at radius 2 is 2.43 bits per heavy atom. The highest BCUT2D eigenvalue weighted by Crippen LogP contribution is 2.12. The third kappa shape index (κ3) is 3.15. The van der Waals surface area contributed by atoms with Crippen LogP contribution in [0.25, 0.3) is 0 Å². The number of furan rings is 1. The summed E-state index contributed by atoms with van der Waals surface area (Å²) in [5.74, 6) is 5.53. The zero-order chi connectivity index (χ0) is 10.4. The van der Waals surface area contributed by atoms with Gasteiger partial charge in [-0.25, -0.2) is 0 Å². The van der Waals surface area contributed by atoms with E-state index in [-0.39, 0.29) is 16.9 Å². The molecule has 0 fully saturated rings. The highest BCUT2D eigenvalue weighted by molar-refractivity contribution is 6.29. The van der Waals surface area contributed by atoms with Gasteiger partial charge < -0.3 is 9.73 Å². The van der Waals surface area contributed by atoms with Crippen molar-refractivity contribution in [1.82, 2.24) is 5.32 Å². The summed E-state index contributed by atoms with van der Waals surface area (Å²) in [6.07, 6.45) is 0.636. The molecular weight excluding hydrogens is 202 g/mol. The lowest BCUT2D eigenvalue weighted by molar-refractivity contribution is 0.0927. The summed E-state index contributed by atoms with van der Waals surface area (Å²) >= 11 is 5.52.